The van der Waals surface area contributed by atoms with Crippen LogP contribution in [0.15, 0.2) is 18.3 Å². The van der Waals surface area contributed by atoms with Crippen molar-refractivity contribution in [2.24, 2.45) is 0 Å². The molecule has 9 nitrogen and oxygen atoms in total. The van der Waals surface area contributed by atoms with Crippen LogP contribution >= 0.6 is 0 Å². The van der Waals surface area contributed by atoms with Crippen LogP contribution in [0.5, 0.6) is 5.75 Å². The number of aryl methyl sites for hydroxylation is 1. The molecule has 2 aromatic rings. The van der Waals surface area contributed by atoms with E-state index in [0.29, 0.717) is 19.7 Å². The minimum Gasteiger partial charge on any atom is -0.476 e. The first-order valence-corrected chi connectivity index (χ1v) is 11.9. The van der Waals surface area contributed by atoms with Gasteiger partial charge in [0.05, 0.1) is 11.1 Å². The molecule has 34 heavy (non-hydrogen) atoms. The van der Waals surface area contributed by atoms with Crippen molar-refractivity contribution in [3.8, 4) is 5.75 Å². The van der Waals surface area contributed by atoms with Crippen molar-refractivity contribution in [3.05, 3.63) is 23.9 Å². The van der Waals surface area contributed by atoms with Gasteiger partial charge >= 0.3 is 11.9 Å². The first-order valence-electron chi connectivity index (χ1n) is 11.9. The van der Waals surface area contributed by atoms with Crippen LogP contribution < -0.4 is 10.2 Å². The van der Waals surface area contributed by atoms with Crippen LogP contribution in [0.4, 0.5) is 10.5 Å². The maximum Gasteiger partial charge on any atom is 0.410 e. The summed E-state index contributed by atoms with van der Waals surface area (Å²) in [6, 6.07) is 3.89. The summed E-state index contributed by atoms with van der Waals surface area (Å²) in [5, 5.41) is 2.88. The highest BCUT2D eigenvalue weighted by Gasteiger charge is 2.46. The number of likely N-dealkylation sites (N-methyl/N-ethyl adjacent to an activating group) is 1. The van der Waals surface area contributed by atoms with E-state index in [2.05, 4.69) is 46.7 Å². The summed E-state index contributed by atoms with van der Waals surface area (Å²) < 4.78 is 16.0. The van der Waals surface area contributed by atoms with Gasteiger partial charge in [-0.25, -0.2) is 9.37 Å². The van der Waals surface area contributed by atoms with Crippen LogP contribution in [0.3, 0.4) is 0 Å². The maximum absolute atomic E-state index is 12.6. The quantitative estimate of drug-likeness (QED) is 0.686. The smallest absolute Gasteiger partial charge is 0.410 e. The number of nitrogens with one attached hydrogen (secondary N) is 1. The van der Waals surface area contributed by atoms with Crippen molar-refractivity contribution in [1.29, 1.82) is 0 Å². The Kier molecular flexibility index (Phi) is 4.90. The average molecular weight is 469 g/mol. The van der Waals surface area contributed by atoms with Gasteiger partial charge in [0.15, 0.2) is 24.1 Å². The Hall–Kier alpha value is -3.23. The molecule has 0 radical (unpaired) electrons. The molecule has 1 unspecified atom stereocenters. The molecule has 2 amide bonds. The van der Waals surface area contributed by atoms with Crippen molar-refractivity contribution in [3.63, 3.8) is 0 Å². The molecule has 1 fully saturated rings. The second-order valence-electron chi connectivity index (χ2n) is 10.8. The maximum atomic E-state index is 12.6. The minimum absolute atomic E-state index is 0.0530. The van der Waals surface area contributed by atoms with E-state index in [1.807, 2.05) is 34.7 Å². The summed E-state index contributed by atoms with van der Waals surface area (Å²) in [6.07, 6.45) is 2.81. The van der Waals surface area contributed by atoms with Gasteiger partial charge in [-0.1, -0.05) is 6.92 Å². The van der Waals surface area contributed by atoms with Crippen LogP contribution in [0, 0.1) is 0 Å². The number of benzene rings is 1. The number of nitrogens with zero attached hydrogens (tertiary/aromatic N) is 4. The van der Waals surface area contributed by atoms with E-state index in [9.17, 15) is 9.59 Å². The summed E-state index contributed by atoms with van der Waals surface area (Å²) in [5.41, 5.74) is 5.30. The van der Waals surface area contributed by atoms with Gasteiger partial charge in [-0.2, -0.15) is 10.4 Å². The zero-order valence-corrected chi connectivity index (χ0v) is 21.1. The molecule has 4 heterocycles. The van der Waals surface area contributed by atoms with Crippen LogP contribution in [0.2, 0.25) is 0 Å². The highest BCUT2D eigenvalue weighted by atomic mass is 16.6. The average Bonchev–Trinajstić information content (AvgIpc) is 3.10. The second-order valence-corrected chi connectivity index (χ2v) is 10.8. The zero-order valence-electron chi connectivity index (χ0n) is 21.1. The number of amidine groups is 1. The molecule has 1 N–H and O–H groups in total. The predicted octanol–water partition coefficient (Wildman–Crippen LogP) is 2.97. The highest BCUT2D eigenvalue weighted by molar-refractivity contribution is 5.94. The number of aromatic nitrogens is 1. The Morgan fingerprint density at radius 3 is 2.68 bits per heavy atom. The van der Waals surface area contributed by atoms with Crippen molar-refractivity contribution in [1.82, 2.24) is 19.9 Å². The third-order valence-electron chi connectivity index (χ3n) is 6.97. The van der Waals surface area contributed by atoms with Crippen molar-refractivity contribution in [2.45, 2.75) is 65.1 Å². The zero-order chi connectivity index (χ0) is 24.6. The predicted molar refractivity (Wildman–Crippen MR) is 129 cm³/mol. The SMILES string of the molecule is CCc1cn(C2(C)CN(C(=O)OC(C)(C)C)C2)c2cc3c(cc12)OCC1=[N+]3C(C)C(=O)NN1C. The summed E-state index contributed by atoms with van der Waals surface area (Å²) in [7, 11) is 1.83. The largest absolute Gasteiger partial charge is 0.476 e. The molecule has 3 aliphatic heterocycles. The van der Waals surface area contributed by atoms with Gasteiger partial charge in [0.2, 0.25) is 0 Å². The Bertz CT molecular complexity index is 1230. The normalized spacial score (nSPS) is 21.5. The fourth-order valence-corrected chi connectivity index (χ4v) is 5.21. The Morgan fingerprint density at radius 2 is 2.03 bits per heavy atom. The van der Waals surface area contributed by atoms with E-state index in [1.54, 1.807) is 9.91 Å². The van der Waals surface area contributed by atoms with Gasteiger partial charge < -0.3 is 18.9 Å². The fourth-order valence-electron chi connectivity index (χ4n) is 5.21. The van der Waals surface area contributed by atoms with Gasteiger partial charge in [-0.15, -0.1) is 0 Å². The van der Waals surface area contributed by atoms with Gasteiger partial charge in [0, 0.05) is 30.7 Å². The van der Waals surface area contributed by atoms with Gasteiger partial charge in [0.25, 0.3) is 5.91 Å². The van der Waals surface area contributed by atoms with Crippen LogP contribution in [0.25, 0.3) is 10.9 Å². The summed E-state index contributed by atoms with van der Waals surface area (Å²) >= 11 is 0. The molecule has 1 aromatic carbocycles. The molecule has 0 aliphatic carbocycles. The fraction of sp³-hybridized carbons (Fsp3) is 0.560. The third-order valence-corrected chi connectivity index (χ3v) is 6.97. The number of carbonyl (C=O) groups is 2. The van der Waals surface area contributed by atoms with Crippen LogP contribution in [-0.2, 0) is 21.5 Å². The summed E-state index contributed by atoms with van der Waals surface area (Å²) in [6.45, 7) is 13.4. The van der Waals surface area contributed by atoms with Crippen LogP contribution in [0.1, 0.15) is 47.1 Å². The number of hydrogen-bond donors (Lipinski definition) is 1. The lowest BCUT2D eigenvalue weighted by atomic mass is 9.92. The van der Waals surface area contributed by atoms with Crippen molar-refractivity contribution >= 4 is 34.4 Å². The van der Waals surface area contributed by atoms with Crippen molar-refractivity contribution in [2.75, 3.05) is 26.7 Å². The molecule has 0 bridgehead atoms. The van der Waals surface area contributed by atoms with E-state index in [4.69, 9.17) is 9.47 Å². The van der Waals surface area contributed by atoms with Gasteiger partial charge in [-0.05, 0) is 52.7 Å². The lowest BCUT2D eigenvalue weighted by Crippen LogP contribution is -2.63. The number of hydrazine groups is 1. The van der Waals surface area contributed by atoms with E-state index in [0.717, 1.165) is 34.6 Å². The molecule has 9 heteroatoms. The summed E-state index contributed by atoms with van der Waals surface area (Å²) in [5.74, 6) is 1.63. The molecule has 3 aliphatic rings. The van der Waals surface area contributed by atoms with E-state index in [1.165, 1.54) is 5.56 Å². The number of likely N-dealkylation sites (tertiary alicyclic amines) is 1. The highest BCUT2D eigenvalue weighted by Crippen LogP contribution is 2.42. The topological polar surface area (TPSA) is 79.0 Å². The van der Waals surface area contributed by atoms with E-state index >= 15 is 0 Å². The summed E-state index contributed by atoms with van der Waals surface area (Å²) in [4.78, 5) is 26.9. The number of fused-ring (bicyclic) bond motifs is 3. The first kappa shape index (κ1) is 22.6. The van der Waals surface area contributed by atoms with Crippen molar-refractivity contribution < 1.29 is 23.6 Å². The number of amides is 2. The molecule has 1 atom stereocenters. The number of hydrogen-bond acceptors (Lipinski definition) is 5. The molecule has 182 valence electrons. The van der Waals surface area contributed by atoms with Gasteiger partial charge in [0.1, 0.15) is 12.6 Å². The Morgan fingerprint density at radius 1 is 1.32 bits per heavy atom. The number of carbonyl (C=O) groups excluding carboxylic acids is 2. The second kappa shape index (κ2) is 7.38. The number of rotatable bonds is 2. The lowest BCUT2D eigenvalue weighted by molar-refractivity contribution is -0.482. The van der Waals surface area contributed by atoms with Crippen LogP contribution in [-0.4, -0.2) is 75.3 Å². The first-order chi connectivity index (χ1) is 15.9. The monoisotopic (exact) mass is 468 g/mol. The standard InChI is InChI=1S/C25H33N5O4/c1-8-16-11-29(25(6)13-28(14-25)23(32)34-24(3,4)5)18-10-19-20(9-17(16)18)33-12-21-27(7)26-22(31)15(2)30(19)21/h9-11,15H,8,12-14H2,1-7H3/p+1. The molecule has 0 saturated carbocycles. The molecular formula is C25H34N5O4+. The lowest BCUT2D eigenvalue weighted by Gasteiger charge is -2.49. The Balaban J connectivity index is 1.57. The number of ether oxygens (including phenoxy) is 2. The molecular weight excluding hydrogens is 434 g/mol. The minimum atomic E-state index is -0.517. The van der Waals surface area contributed by atoms with E-state index in [-0.39, 0.29) is 23.6 Å². The molecule has 1 saturated heterocycles. The van der Waals surface area contributed by atoms with Gasteiger partial charge in [-0.3, -0.25) is 4.79 Å². The molecule has 1 aromatic heterocycles. The third kappa shape index (κ3) is 3.40. The molecule has 0 spiro atoms. The van der Waals surface area contributed by atoms with E-state index < -0.39 is 5.60 Å². The Labute approximate surface area is 199 Å². The molecule has 5 rings (SSSR count).